The van der Waals surface area contributed by atoms with Crippen molar-refractivity contribution >= 4 is 17.5 Å². The van der Waals surface area contributed by atoms with E-state index in [1.54, 1.807) is 0 Å². The molecular weight excluding hydrogens is 388 g/mol. The van der Waals surface area contributed by atoms with E-state index in [1.807, 2.05) is 43.3 Å². The van der Waals surface area contributed by atoms with Crippen LogP contribution in [0.3, 0.4) is 0 Å². The molecule has 2 aliphatic rings. The third-order valence-corrected chi connectivity index (χ3v) is 6.02. The van der Waals surface area contributed by atoms with E-state index >= 15 is 0 Å². The third kappa shape index (κ3) is 4.85. The van der Waals surface area contributed by atoms with Crippen molar-refractivity contribution in [1.29, 1.82) is 0 Å². The van der Waals surface area contributed by atoms with Gasteiger partial charge in [0.15, 0.2) is 11.5 Å². The van der Waals surface area contributed by atoms with Gasteiger partial charge in [0.1, 0.15) is 13.2 Å². The van der Waals surface area contributed by atoms with Gasteiger partial charge < -0.3 is 14.8 Å². The fourth-order valence-electron chi connectivity index (χ4n) is 4.02. The van der Waals surface area contributed by atoms with E-state index in [1.165, 1.54) is 0 Å². The Labute approximate surface area is 176 Å². The highest BCUT2D eigenvalue weighted by atomic mass is 35.5. The number of fused-ring (bicyclic) bond motifs is 1. The van der Waals surface area contributed by atoms with Crippen LogP contribution in [0.25, 0.3) is 0 Å². The third-order valence-electron chi connectivity index (χ3n) is 5.65. The summed E-state index contributed by atoms with van der Waals surface area (Å²) in [6.45, 7) is 5.66. The molecule has 0 aliphatic carbocycles. The van der Waals surface area contributed by atoms with Crippen LogP contribution in [-0.2, 0) is 11.3 Å². The lowest BCUT2D eigenvalue weighted by molar-refractivity contribution is -0.127. The van der Waals surface area contributed by atoms with Gasteiger partial charge in [-0.25, -0.2) is 0 Å². The first-order valence-corrected chi connectivity index (χ1v) is 10.6. The number of hydrogen-bond donors (Lipinski definition) is 1. The first kappa shape index (κ1) is 20.0. The molecule has 2 aliphatic heterocycles. The smallest absolute Gasteiger partial charge is 0.224 e. The minimum Gasteiger partial charge on any atom is -0.486 e. The van der Waals surface area contributed by atoms with Crippen molar-refractivity contribution < 1.29 is 14.3 Å². The molecule has 29 heavy (non-hydrogen) atoms. The molecule has 0 spiro atoms. The van der Waals surface area contributed by atoms with Crippen LogP contribution >= 0.6 is 11.6 Å². The highest BCUT2D eigenvalue weighted by Crippen LogP contribution is 2.32. The van der Waals surface area contributed by atoms with Gasteiger partial charge in [-0.3, -0.25) is 9.69 Å². The summed E-state index contributed by atoms with van der Waals surface area (Å²) in [5.41, 5.74) is 2.13. The summed E-state index contributed by atoms with van der Waals surface area (Å²) in [7, 11) is 0. The lowest BCUT2D eigenvalue weighted by atomic mass is 9.96. The Bertz CT molecular complexity index is 873. The predicted octanol–water partition coefficient (Wildman–Crippen LogP) is 4.20. The first-order valence-electron chi connectivity index (χ1n) is 10.3. The molecular formula is C23H27ClN2O3. The second-order valence-electron chi connectivity index (χ2n) is 7.80. The Morgan fingerprint density at radius 3 is 2.83 bits per heavy atom. The first-order chi connectivity index (χ1) is 14.1. The van der Waals surface area contributed by atoms with Crippen LogP contribution in [0.4, 0.5) is 0 Å². The average Bonchev–Trinajstić information content (AvgIpc) is 2.75. The molecule has 0 bridgehead atoms. The van der Waals surface area contributed by atoms with Crippen molar-refractivity contribution in [2.45, 2.75) is 32.4 Å². The minimum absolute atomic E-state index is 0.00843. The van der Waals surface area contributed by atoms with Crippen molar-refractivity contribution in [2.75, 3.05) is 26.3 Å². The van der Waals surface area contributed by atoms with E-state index in [4.69, 9.17) is 21.1 Å². The lowest BCUT2D eigenvalue weighted by Gasteiger charge is -2.33. The topological polar surface area (TPSA) is 50.8 Å². The Morgan fingerprint density at radius 2 is 2.00 bits per heavy atom. The standard InChI is InChI=1S/C23H27ClN2O3/c1-16(17-8-9-21-22(13-17)29-12-11-28-21)25-23(27)19-6-4-10-26(15-19)14-18-5-2-3-7-20(18)24/h2-3,5,7-9,13,16,19H,4,6,10-12,14-15H2,1H3,(H,25,27)/t16-,19-/m0/s1. The molecule has 1 amide bonds. The molecule has 0 aromatic heterocycles. The van der Waals surface area contributed by atoms with Crippen LogP contribution in [0.5, 0.6) is 11.5 Å². The number of ether oxygens (including phenoxy) is 2. The average molecular weight is 415 g/mol. The normalized spacial score (nSPS) is 20.1. The van der Waals surface area contributed by atoms with Gasteiger partial charge in [0.25, 0.3) is 0 Å². The number of nitrogens with one attached hydrogen (secondary N) is 1. The Morgan fingerprint density at radius 1 is 1.21 bits per heavy atom. The minimum atomic E-state index is -0.0859. The van der Waals surface area contributed by atoms with Crippen molar-refractivity contribution in [3.05, 3.63) is 58.6 Å². The second-order valence-corrected chi connectivity index (χ2v) is 8.21. The number of nitrogens with zero attached hydrogens (tertiary/aromatic N) is 1. The highest BCUT2D eigenvalue weighted by Gasteiger charge is 2.27. The van der Waals surface area contributed by atoms with Crippen LogP contribution < -0.4 is 14.8 Å². The van der Waals surface area contributed by atoms with Gasteiger partial charge in [0, 0.05) is 18.1 Å². The quantitative estimate of drug-likeness (QED) is 0.796. The molecule has 1 fully saturated rings. The van der Waals surface area contributed by atoms with Gasteiger partial charge in [-0.2, -0.15) is 0 Å². The zero-order chi connectivity index (χ0) is 20.2. The number of hydrogen-bond acceptors (Lipinski definition) is 4. The number of benzene rings is 2. The molecule has 2 aromatic rings. The van der Waals surface area contributed by atoms with E-state index < -0.39 is 0 Å². The summed E-state index contributed by atoms with van der Waals surface area (Å²) >= 11 is 6.30. The molecule has 0 unspecified atom stereocenters. The monoisotopic (exact) mass is 414 g/mol. The summed E-state index contributed by atoms with van der Waals surface area (Å²) in [5.74, 6) is 1.61. The van der Waals surface area contributed by atoms with Gasteiger partial charge >= 0.3 is 0 Å². The number of halogens is 1. The molecule has 0 saturated carbocycles. The molecule has 2 heterocycles. The van der Waals surface area contributed by atoms with Gasteiger partial charge in [-0.05, 0) is 55.6 Å². The van der Waals surface area contributed by atoms with E-state index in [0.717, 1.165) is 60.1 Å². The van der Waals surface area contributed by atoms with Crippen molar-refractivity contribution in [2.24, 2.45) is 5.92 Å². The largest absolute Gasteiger partial charge is 0.486 e. The van der Waals surface area contributed by atoms with E-state index in [-0.39, 0.29) is 17.9 Å². The summed E-state index contributed by atoms with van der Waals surface area (Å²) in [6, 6.07) is 13.7. The molecule has 6 heteroatoms. The Balaban J connectivity index is 1.36. The molecule has 154 valence electrons. The number of rotatable bonds is 5. The van der Waals surface area contributed by atoms with Gasteiger partial charge in [0.05, 0.1) is 12.0 Å². The van der Waals surface area contributed by atoms with Crippen molar-refractivity contribution in [1.82, 2.24) is 10.2 Å². The van der Waals surface area contributed by atoms with E-state index in [9.17, 15) is 4.79 Å². The summed E-state index contributed by atoms with van der Waals surface area (Å²) < 4.78 is 11.2. The molecule has 1 saturated heterocycles. The maximum absolute atomic E-state index is 12.9. The number of amides is 1. The number of carbonyl (C=O) groups is 1. The van der Waals surface area contributed by atoms with Gasteiger partial charge in [0.2, 0.25) is 5.91 Å². The molecule has 4 rings (SSSR count). The molecule has 0 radical (unpaired) electrons. The highest BCUT2D eigenvalue weighted by molar-refractivity contribution is 6.31. The fraction of sp³-hybridized carbons (Fsp3) is 0.435. The van der Waals surface area contributed by atoms with E-state index in [2.05, 4.69) is 16.3 Å². The van der Waals surface area contributed by atoms with Crippen LogP contribution in [-0.4, -0.2) is 37.1 Å². The zero-order valence-corrected chi connectivity index (χ0v) is 17.5. The summed E-state index contributed by atoms with van der Waals surface area (Å²) in [4.78, 5) is 15.2. The van der Waals surface area contributed by atoms with Crippen LogP contribution in [0.1, 0.15) is 36.9 Å². The van der Waals surface area contributed by atoms with Crippen molar-refractivity contribution in [3.8, 4) is 11.5 Å². The Kier molecular flexibility index (Phi) is 6.26. The second kappa shape index (κ2) is 9.06. The zero-order valence-electron chi connectivity index (χ0n) is 16.7. The van der Waals surface area contributed by atoms with Crippen LogP contribution in [0.2, 0.25) is 5.02 Å². The Hall–Kier alpha value is -2.24. The fourth-order valence-corrected chi connectivity index (χ4v) is 4.22. The van der Waals surface area contributed by atoms with Crippen molar-refractivity contribution in [3.63, 3.8) is 0 Å². The maximum Gasteiger partial charge on any atom is 0.224 e. The van der Waals surface area contributed by atoms with Crippen LogP contribution in [0, 0.1) is 5.92 Å². The summed E-state index contributed by atoms with van der Waals surface area (Å²) in [5, 5.41) is 3.96. The number of likely N-dealkylation sites (tertiary alicyclic amines) is 1. The lowest BCUT2D eigenvalue weighted by Crippen LogP contribution is -2.43. The number of carbonyl (C=O) groups excluding carboxylic acids is 1. The maximum atomic E-state index is 12.9. The SMILES string of the molecule is C[C@H](NC(=O)[C@H]1CCCN(Cc2ccccc2Cl)C1)c1ccc2c(c1)OCCO2. The predicted molar refractivity (Wildman–Crippen MR) is 113 cm³/mol. The molecule has 1 N–H and O–H groups in total. The van der Waals surface area contributed by atoms with Gasteiger partial charge in [-0.15, -0.1) is 0 Å². The van der Waals surface area contributed by atoms with Gasteiger partial charge in [-0.1, -0.05) is 35.9 Å². The molecule has 5 nitrogen and oxygen atoms in total. The molecule has 2 aromatic carbocycles. The molecule has 2 atom stereocenters. The van der Waals surface area contributed by atoms with E-state index in [0.29, 0.717) is 13.2 Å². The number of piperidine rings is 1. The summed E-state index contributed by atoms with van der Waals surface area (Å²) in [6.07, 6.45) is 1.93. The van der Waals surface area contributed by atoms with Crippen LogP contribution in [0.15, 0.2) is 42.5 Å².